The van der Waals surface area contributed by atoms with Gasteiger partial charge in [-0.3, -0.25) is 14.4 Å². The molecule has 3 nitrogen and oxygen atoms in total. The van der Waals surface area contributed by atoms with Crippen molar-refractivity contribution >= 4 is 17.3 Å². The first-order valence-electron chi connectivity index (χ1n) is 5.45. The minimum atomic E-state index is -1.17. The molecule has 0 aromatic heterocycles. The molecular formula is C13H11FO3. The molecule has 1 aliphatic rings. The molecule has 0 saturated heterocycles. The molecular weight excluding hydrogens is 223 g/mol. The summed E-state index contributed by atoms with van der Waals surface area (Å²) in [7, 11) is 0. The second-order valence-corrected chi connectivity index (χ2v) is 4.09. The van der Waals surface area contributed by atoms with E-state index in [0.29, 0.717) is 6.42 Å². The second kappa shape index (κ2) is 4.57. The van der Waals surface area contributed by atoms with Crippen molar-refractivity contribution in [2.24, 2.45) is 5.92 Å². The van der Waals surface area contributed by atoms with Gasteiger partial charge in [-0.1, -0.05) is 0 Å². The molecule has 2 rings (SSSR count). The van der Waals surface area contributed by atoms with Gasteiger partial charge in [0.1, 0.15) is 11.7 Å². The van der Waals surface area contributed by atoms with Crippen LogP contribution in [-0.2, 0) is 9.59 Å². The first kappa shape index (κ1) is 11.6. The normalized spacial score (nSPS) is 17.2. The zero-order valence-corrected chi connectivity index (χ0v) is 9.11. The summed E-state index contributed by atoms with van der Waals surface area (Å²) in [5, 5.41) is 0. The topological polar surface area (TPSA) is 51.2 Å². The Bertz CT molecular complexity index is 460. The zero-order chi connectivity index (χ0) is 12.4. The summed E-state index contributed by atoms with van der Waals surface area (Å²) in [6, 6.07) is 4.88. The maximum absolute atomic E-state index is 12.7. The Balaban J connectivity index is 2.27. The smallest absolute Gasteiger partial charge is 0.180 e. The first-order valence-corrected chi connectivity index (χ1v) is 5.45. The molecule has 0 unspecified atom stereocenters. The van der Waals surface area contributed by atoms with Gasteiger partial charge in [0.05, 0.1) is 0 Å². The SMILES string of the molecule is O=C1CCCC(=O)C1C(=O)c1ccc(F)cc1. The van der Waals surface area contributed by atoms with Crippen LogP contribution in [0.4, 0.5) is 4.39 Å². The molecule has 0 aliphatic heterocycles. The molecule has 1 aromatic carbocycles. The molecule has 88 valence electrons. The molecule has 0 N–H and O–H groups in total. The molecule has 0 amide bonds. The van der Waals surface area contributed by atoms with Gasteiger partial charge in [0.25, 0.3) is 0 Å². The van der Waals surface area contributed by atoms with Crippen molar-refractivity contribution in [3.8, 4) is 0 Å². The van der Waals surface area contributed by atoms with E-state index in [9.17, 15) is 18.8 Å². The maximum atomic E-state index is 12.7. The van der Waals surface area contributed by atoms with E-state index in [1.54, 1.807) is 0 Å². The second-order valence-electron chi connectivity index (χ2n) is 4.09. The highest BCUT2D eigenvalue weighted by Gasteiger charge is 2.36. The van der Waals surface area contributed by atoms with Crippen LogP contribution in [0.25, 0.3) is 0 Å². The van der Waals surface area contributed by atoms with Crippen LogP contribution in [0.3, 0.4) is 0 Å². The summed E-state index contributed by atoms with van der Waals surface area (Å²) < 4.78 is 12.7. The standard InChI is InChI=1S/C13H11FO3/c14-9-6-4-8(5-7-9)13(17)12-10(15)2-1-3-11(12)16/h4-7,12H,1-3H2. The van der Waals surface area contributed by atoms with Crippen molar-refractivity contribution in [3.05, 3.63) is 35.6 Å². The van der Waals surface area contributed by atoms with E-state index in [2.05, 4.69) is 0 Å². The first-order chi connectivity index (χ1) is 8.09. The lowest BCUT2D eigenvalue weighted by atomic mass is 9.82. The van der Waals surface area contributed by atoms with Crippen LogP contribution in [0, 0.1) is 11.7 Å². The zero-order valence-electron chi connectivity index (χ0n) is 9.11. The average Bonchev–Trinajstić information content (AvgIpc) is 2.29. The number of hydrogen-bond acceptors (Lipinski definition) is 3. The lowest BCUT2D eigenvalue weighted by Crippen LogP contribution is -2.35. The number of ketones is 3. The summed E-state index contributed by atoms with van der Waals surface area (Å²) >= 11 is 0. The van der Waals surface area contributed by atoms with Gasteiger partial charge in [0.15, 0.2) is 17.3 Å². The molecule has 0 atom stereocenters. The van der Waals surface area contributed by atoms with Gasteiger partial charge in [0, 0.05) is 18.4 Å². The lowest BCUT2D eigenvalue weighted by Gasteiger charge is -2.18. The predicted molar refractivity (Wildman–Crippen MR) is 58.1 cm³/mol. The van der Waals surface area contributed by atoms with Gasteiger partial charge in [0.2, 0.25) is 0 Å². The summed E-state index contributed by atoms with van der Waals surface area (Å²) in [5.41, 5.74) is 0.208. The number of carbonyl (C=O) groups is 3. The molecule has 0 bridgehead atoms. The quantitative estimate of drug-likeness (QED) is 0.580. The Morgan fingerprint density at radius 2 is 1.59 bits per heavy atom. The van der Waals surface area contributed by atoms with Crippen LogP contribution < -0.4 is 0 Å². The van der Waals surface area contributed by atoms with E-state index in [0.717, 1.165) is 12.1 Å². The molecule has 0 spiro atoms. The third kappa shape index (κ3) is 2.30. The van der Waals surface area contributed by atoms with Crippen molar-refractivity contribution in [1.29, 1.82) is 0 Å². The van der Waals surface area contributed by atoms with E-state index in [1.807, 2.05) is 0 Å². The highest BCUT2D eigenvalue weighted by Crippen LogP contribution is 2.21. The molecule has 1 aromatic rings. The average molecular weight is 234 g/mol. The number of Topliss-reactive ketones (excluding diaryl/α,β-unsaturated/α-hetero) is 3. The number of rotatable bonds is 2. The Labute approximate surface area is 97.6 Å². The van der Waals surface area contributed by atoms with Gasteiger partial charge >= 0.3 is 0 Å². The fourth-order valence-electron chi connectivity index (χ4n) is 1.98. The molecule has 0 heterocycles. The largest absolute Gasteiger partial charge is 0.298 e. The van der Waals surface area contributed by atoms with E-state index in [4.69, 9.17) is 0 Å². The minimum absolute atomic E-state index is 0.208. The maximum Gasteiger partial charge on any atom is 0.180 e. The number of halogens is 1. The van der Waals surface area contributed by atoms with Crippen molar-refractivity contribution in [1.82, 2.24) is 0 Å². The fourth-order valence-corrected chi connectivity index (χ4v) is 1.98. The predicted octanol–water partition coefficient (Wildman–Crippen LogP) is 1.95. The van der Waals surface area contributed by atoms with Gasteiger partial charge in [-0.25, -0.2) is 4.39 Å². The van der Waals surface area contributed by atoms with Crippen molar-refractivity contribution in [2.75, 3.05) is 0 Å². The number of benzene rings is 1. The van der Waals surface area contributed by atoms with E-state index in [-0.39, 0.29) is 30.0 Å². The third-order valence-electron chi connectivity index (χ3n) is 2.88. The molecule has 1 saturated carbocycles. The Morgan fingerprint density at radius 3 is 2.12 bits per heavy atom. The molecule has 1 aliphatic carbocycles. The van der Waals surface area contributed by atoms with Crippen molar-refractivity contribution < 1.29 is 18.8 Å². The summed E-state index contributed by atoms with van der Waals surface area (Å²) in [6.45, 7) is 0. The van der Waals surface area contributed by atoms with E-state index in [1.165, 1.54) is 12.1 Å². The number of carbonyl (C=O) groups excluding carboxylic acids is 3. The number of hydrogen-bond donors (Lipinski definition) is 0. The van der Waals surface area contributed by atoms with Crippen LogP contribution in [0.1, 0.15) is 29.6 Å². The van der Waals surface area contributed by atoms with Crippen LogP contribution in [0.5, 0.6) is 0 Å². The summed E-state index contributed by atoms with van der Waals surface area (Å²) in [4.78, 5) is 35.1. The fraction of sp³-hybridized carbons (Fsp3) is 0.308. The Kier molecular flexibility index (Phi) is 3.13. The Morgan fingerprint density at radius 1 is 1.06 bits per heavy atom. The molecule has 1 fully saturated rings. The lowest BCUT2D eigenvalue weighted by molar-refractivity contribution is -0.133. The van der Waals surface area contributed by atoms with Gasteiger partial charge < -0.3 is 0 Å². The highest BCUT2D eigenvalue weighted by molar-refractivity contribution is 6.25. The van der Waals surface area contributed by atoms with Crippen LogP contribution >= 0.6 is 0 Å². The van der Waals surface area contributed by atoms with E-state index < -0.39 is 17.5 Å². The summed E-state index contributed by atoms with van der Waals surface area (Å²) in [6.07, 6.45) is 1.05. The third-order valence-corrected chi connectivity index (χ3v) is 2.88. The Hall–Kier alpha value is -1.84. The van der Waals surface area contributed by atoms with Crippen LogP contribution in [0.2, 0.25) is 0 Å². The van der Waals surface area contributed by atoms with Gasteiger partial charge in [-0.05, 0) is 30.7 Å². The molecule has 0 radical (unpaired) electrons. The molecule has 17 heavy (non-hydrogen) atoms. The summed E-state index contributed by atoms with van der Waals surface area (Å²) in [5.74, 6) is -2.79. The van der Waals surface area contributed by atoms with E-state index >= 15 is 0 Å². The highest BCUT2D eigenvalue weighted by atomic mass is 19.1. The molecule has 4 heteroatoms. The monoisotopic (exact) mass is 234 g/mol. The van der Waals surface area contributed by atoms with Crippen LogP contribution in [-0.4, -0.2) is 17.3 Å². The minimum Gasteiger partial charge on any atom is -0.298 e. The van der Waals surface area contributed by atoms with Crippen molar-refractivity contribution in [3.63, 3.8) is 0 Å². The van der Waals surface area contributed by atoms with Crippen LogP contribution in [0.15, 0.2) is 24.3 Å². The van der Waals surface area contributed by atoms with Gasteiger partial charge in [-0.2, -0.15) is 0 Å². The van der Waals surface area contributed by atoms with Gasteiger partial charge in [-0.15, -0.1) is 0 Å². The van der Waals surface area contributed by atoms with Crippen molar-refractivity contribution in [2.45, 2.75) is 19.3 Å².